The summed E-state index contributed by atoms with van der Waals surface area (Å²) in [7, 11) is -2.21. The zero-order valence-electron chi connectivity index (χ0n) is 18.7. The number of rotatable bonds is 8. The summed E-state index contributed by atoms with van der Waals surface area (Å²) in [4.78, 5) is 26.6. The minimum atomic E-state index is -3.72. The molecule has 32 heavy (non-hydrogen) atoms. The average Bonchev–Trinajstić information content (AvgIpc) is 2.83. The van der Waals surface area contributed by atoms with Crippen molar-refractivity contribution in [3.05, 3.63) is 60.2 Å². The molecule has 1 fully saturated rings. The van der Waals surface area contributed by atoms with E-state index in [0.29, 0.717) is 37.3 Å². The molecule has 1 aliphatic rings. The van der Waals surface area contributed by atoms with E-state index in [1.807, 2.05) is 13.0 Å². The maximum atomic E-state index is 13.0. The quantitative estimate of drug-likeness (QED) is 0.659. The van der Waals surface area contributed by atoms with Gasteiger partial charge in [0.25, 0.3) is 15.9 Å². The van der Waals surface area contributed by atoms with E-state index in [4.69, 9.17) is 0 Å². The Morgan fingerprint density at radius 2 is 1.78 bits per heavy atom. The van der Waals surface area contributed by atoms with Crippen LogP contribution < -0.4 is 9.62 Å². The first-order valence-corrected chi connectivity index (χ1v) is 12.5. The summed E-state index contributed by atoms with van der Waals surface area (Å²) in [6.07, 6.45) is 3.19. The molecule has 0 aromatic heterocycles. The van der Waals surface area contributed by atoms with Crippen LogP contribution in [-0.4, -0.2) is 51.8 Å². The molecule has 0 bridgehead atoms. The van der Waals surface area contributed by atoms with Gasteiger partial charge in [-0.25, -0.2) is 8.42 Å². The van der Waals surface area contributed by atoms with E-state index in [1.165, 1.54) is 23.5 Å². The van der Waals surface area contributed by atoms with Gasteiger partial charge in [-0.15, -0.1) is 0 Å². The number of carbonyl (C=O) groups excluding carboxylic acids is 2. The van der Waals surface area contributed by atoms with Crippen molar-refractivity contribution < 1.29 is 18.0 Å². The highest BCUT2D eigenvalue weighted by atomic mass is 32.2. The van der Waals surface area contributed by atoms with E-state index in [-0.39, 0.29) is 22.6 Å². The molecule has 0 unspecified atom stereocenters. The fourth-order valence-corrected chi connectivity index (χ4v) is 5.07. The van der Waals surface area contributed by atoms with Gasteiger partial charge in [0.2, 0.25) is 5.91 Å². The first-order valence-electron chi connectivity index (χ1n) is 11.0. The minimum absolute atomic E-state index is 0.0493. The first kappa shape index (κ1) is 23.8. The van der Waals surface area contributed by atoms with Gasteiger partial charge in [0.1, 0.15) is 0 Å². The Hall–Kier alpha value is -2.87. The van der Waals surface area contributed by atoms with Crippen LogP contribution in [0.2, 0.25) is 0 Å². The van der Waals surface area contributed by atoms with Gasteiger partial charge in [0.05, 0.1) is 10.6 Å². The highest BCUT2D eigenvalue weighted by molar-refractivity contribution is 7.92. The Morgan fingerprint density at radius 3 is 2.44 bits per heavy atom. The smallest absolute Gasteiger partial charge is 0.264 e. The lowest BCUT2D eigenvalue weighted by molar-refractivity contribution is -0.121. The number of para-hydroxylation sites is 1. The van der Waals surface area contributed by atoms with Crippen LogP contribution >= 0.6 is 0 Å². The molecule has 0 saturated carbocycles. The van der Waals surface area contributed by atoms with Crippen LogP contribution in [0.4, 0.5) is 5.69 Å². The summed E-state index contributed by atoms with van der Waals surface area (Å²) in [5.41, 5.74) is 1.03. The lowest BCUT2D eigenvalue weighted by Gasteiger charge is -2.33. The number of benzene rings is 2. The number of sulfonamides is 1. The minimum Gasteiger partial charge on any atom is -0.356 e. The van der Waals surface area contributed by atoms with Gasteiger partial charge in [-0.3, -0.25) is 13.9 Å². The van der Waals surface area contributed by atoms with Gasteiger partial charge in [0.15, 0.2) is 0 Å². The van der Waals surface area contributed by atoms with Gasteiger partial charge in [-0.2, -0.15) is 0 Å². The van der Waals surface area contributed by atoms with Gasteiger partial charge >= 0.3 is 0 Å². The van der Waals surface area contributed by atoms with Crippen molar-refractivity contribution in [1.29, 1.82) is 0 Å². The number of carbonyl (C=O) groups is 2. The Morgan fingerprint density at radius 1 is 1.09 bits per heavy atom. The molecule has 1 aliphatic heterocycles. The predicted octanol–water partition coefficient (Wildman–Crippen LogP) is 3.28. The zero-order valence-corrected chi connectivity index (χ0v) is 19.5. The molecule has 1 saturated heterocycles. The number of nitrogens with zero attached hydrogens (tertiary/aromatic N) is 2. The lowest BCUT2D eigenvalue weighted by atomic mass is 9.97. The van der Waals surface area contributed by atoms with Gasteiger partial charge in [-0.05, 0) is 61.6 Å². The number of anilines is 1. The number of hydrogen-bond acceptors (Lipinski definition) is 4. The highest BCUT2D eigenvalue weighted by Crippen LogP contribution is 2.23. The van der Waals surface area contributed by atoms with Gasteiger partial charge in [0, 0.05) is 38.7 Å². The third-order valence-corrected chi connectivity index (χ3v) is 7.55. The third kappa shape index (κ3) is 5.68. The maximum absolute atomic E-state index is 13.0. The van der Waals surface area contributed by atoms with Crippen LogP contribution in [-0.2, 0) is 14.8 Å². The van der Waals surface area contributed by atoms with E-state index >= 15 is 0 Å². The van der Waals surface area contributed by atoms with Crippen LogP contribution in [0.1, 0.15) is 43.0 Å². The molecule has 2 amide bonds. The van der Waals surface area contributed by atoms with Crippen LogP contribution in [0, 0.1) is 5.92 Å². The third-order valence-electron chi connectivity index (χ3n) is 5.75. The molecule has 2 aromatic carbocycles. The van der Waals surface area contributed by atoms with E-state index in [9.17, 15) is 18.0 Å². The van der Waals surface area contributed by atoms with Crippen molar-refractivity contribution in [2.24, 2.45) is 5.92 Å². The molecule has 7 nitrogen and oxygen atoms in total. The van der Waals surface area contributed by atoms with Gasteiger partial charge in [-0.1, -0.05) is 25.1 Å². The van der Waals surface area contributed by atoms with Crippen LogP contribution in [0.5, 0.6) is 0 Å². The first-order chi connectivity index (χ1) is 15.3. The molecule has 8 heteroatoms. The zero-order chi connectivity index (χ0) is 23.1. The normalized spacial score (nSPS) is 16.4. The summed E-state index contributed by atoms with van der Waals surface area (Å²) in [6, 6.07) is 15.0. The van der Waals surface area contributed by atoms with Crippen molar-refractivity contribution in [3.8, 4) is 0 Å². The van der Waals surface area contributed by atoms with Crippen molar-refractivity contribution in [3.63, 3.8) is 0 Å². The topological polar surface area (TPSA) is 86.8 Å². The molecule has 1 atom stereocenters. The second-order valence-electron chi connectivity index (χ2n) is 8.15. The molecular formula is C24H31N3O4S. The SMILES string of the molecule is CCCC(=O)NC[C@H]1CCCN(C(=O)c2ccc(S(=O)(=O)N(C)c3ccccc3)cc2)C1. The summed E-state index contributed by atoms with van der Waals surface area (Å²) in [6.45, 7) is 3.79. The second kappa shape index (κ2) is 10.6. The Kier molecular flexibility index (Phi) is 7.90. The van der Waals surface area contributed by atoms with E-state index in [1.54, 1.807) is 41.3 Å². The number of nitrogens with one attached hydrogen (secondary N) is 1. The van der Waals surface area contributed by atoms with E-state index < -0.39 is 10.0 Å². The predicted molar refractivity (Wildman–Crippen MR) is 125 cm³/mol. The van der Waals surface area contributed by atoms with E-state index in [0.717, 1.165) is 19.3 Å². The van der Waals surface area contributed by atoms with Crippen molar-refractivity contribution in [2.45, 2.75) is 37.5 Å². The average molecular weight is 458 g/mol. The van der Waals surface area contributed by atoms with E-state index in [2.05, 4.69) is 5.32 Å². The second-order valence-corrected chi connectivity index (χ2v) is 10.1. The molecule has 0 spiro atoms. The van der Waals surface area contributed by atoms with Crippen molar-refractivity contribution in [2.75, 3.05) is 31.0 Å². The Balaban J connectivity index is 1.65. The van der Waals surface area contributed by atoms with Crippen molar-refractivity contribution in [1.82, 2.24) is 10.2 Å². The monoisotopic (exact) mass is 457 g/mol. The summed E-state index contributed by atoms with van der Waals surface area (Å²) >= 11 is 0. The molecule has 0 radical (unpaired) electrons. The summed E-state index contributed by atoms with van der Waals surface area (Å²) in [5.74, 6) is 0.163. The molecule has 172 valence electrons. The maximum Gasteiger partial charge on any atom is 0.264 e. The lowest BCUT2D eigenvalue weighted by Crippen LogP contribution is -2.43. The molecule has 3 rings (SSSR count). The standard InChI is InChI=1S/C24H31N3O4S/c1-3-8-23(28)25-17-19-9-7-16-27(18-19)24(29)20-12-14-22(15-13-20)32(30,31)26(2)21-10-5-4-6-11-21/h4-6,10-15,19H,3,7-9,16-18H2,1-2H3,(H,25,28)/t19-/m1/s1. The number of likely N-dealkylation sites (tertiary alicyclic amines) is 1. The number of piperidine rings is 1. The molecule has 1 heterocycles. The number of hydrogen-bond donors (Lipinski definition) is 1. The Bertz CT molecular complexity index is 1020. The van der Waals surface area contributed by atoms with Gasteiger partial charge < -0.3 is 10.2 Å². The largest absolute Gasteiger partial charge is 0.356 e. The van der Waals surface area contributed by atoms with Crippen LogP contribution in [0.25, 0.3) is 0 Å². The van der Waals surface area contributed by atoms with Crippen LogP contribution in [0.3, 0.4) is 0 Å². The Labute approximate surface area is 190 Å². The molecule has 0 aliphatic carbocycles. The highest BCUT2D eigenvalue weighted by Gasteiger charge is 2.26. The van der Waals surface area contributed by atoms with Crippen LogP contribution in [0.15, 0.2) is 59.5 Å². The fourth-order valence-electron chi connectivity index (χ4n) is 3.88. The number of amides is 2. The summed E-state index contributed by atoms with van der Waals surface area (Å²) < 4.78 is 27.1. The summed E-state index contributed by atoms with van der Waals surface area (Å²) in [5, 5.41) is 2.95. The molecule has 1 N–H and O–H groups in total. The molecular weight excluding hydrogens is 426 g/mol. The van der Waals surface area contributed by atoms with Crippen molar-refractivity contribution >= 4 is 27.5 Å². The molecule has 2 aromatic rings. The fraction of sp³-hybridized carbons (Fsp3) is 0.417.